The fourth-order valence-corrected chi connectivity index (χ4v) is 2.73. The molecule has 0 aromatic heterocycles. The molecule has 1 aliphatic heterocycles. The van der Waals surface area contributed by atoms with E-state index in [4.69, 9.17) is 0 Å². The molecule has 3 N–H and O–H groups in total. The fourth-order valence-electron chi connectivity index (χ4n) is 2.16. The second kappa shape index (κ2) is 7.63. The van der Waals surface area contributed by atoms with Gasteiger partial charge in [0.1, 0.15) is 0 Å². The van der Waals surface area contributed by atoms with Gasteiger partial charge in [-0.1, -0.05) is 0 Å². The Kier molecular flexibility index (Phi) is 6.44. The zero-order chi connectivity index (χ0) is 14.6. The van der Waals surface area contributed by atoms with Gasteiger partial charge in [-0.3, -0.25) is 9.52 Å². The molecule has 0 aliphatic carbocycles. The first-order chi connectivity index (χ1) is 9.44. The molecule has 0 saturated carbocycles. The minimum Gasteiger partial charge on any atom is -0.326 e. The summed E-state index contributed by atoms with van der Waals surface area (Å²) in [6.07, 6.45) is 2.79. The van der Waals surface area contributed by atoms with Gasteiger partial charge in [0.2, 0.25) is 15.9 Å². The number of benzene rings is 1. The van der Waals surface area contributed by atoms with Crippen molar-refractivity contribution in [2.45, 2.75) is 12.8 Å². The smallest absolute Gasteiger partial charge is 0.229 e. The van der Waals surface area contributed by atoms with Crippen LogP contribution in [0.5, 0.6) is 0 Å². The summed E-state index contributed by atoms with van der Waals surface area (Å²) in [5, 5.41) is 6.08. The first kappa shape index (κ1) is 17.7. The van der Waals surface area contributed by atoms with Crippen molar-refractivity contribution in [2.75, 3.05) is 29.4 Å². The first-order valence-corrected chi connectivity index (χ1v) is 8.42. The van der Waals surface area contributed by atoms with Crippen molar-refractivity contribution in [2.24, 2.45) is 5.92 Å². The van der Waals surface area contributed by atoms with Crippen molar-refractivity contribution >= 4 is 39.7 Å². The van der Waals surface area contributed by atoms with Gasteiger partial charge in [-0.25, -0.2) is 8.42 Å². The van der Waals surface area contributed by atoms with E-state index in [1.165, 1.54) is 0 Å². The van der Waals surface area contributed by atoms with Crippen molar-refractivity contribution in [1.82, 2.24) is 5.32 Å². The zero-order valence-corrected chi connectivity index (χ0v) is 13.4. The molecule has 118 valence electrons. The molecule has 1 heterocycles. The minimum absolute atomic E-state index is 0. The van der Waals surface area contributed by atoms with Gasteiger partial charge in [0.15, 0.2) is 0 Å². The van der Waals surface area contributed by atoms with E-state index in [0.717, 1.165) is 32.2 Å². The van der Waals surface area contributed by atoms with E-state index in [0.29, 0.717) is 11.4 Å². The fraction of sp³-hybridized carbons (Fsp3) is 0.462. The number of amides is 1. The third-order valence-electron chi connectivity index (χ3n) is 3.17. The van der Waals surface area contributed by atoms with Crippen LogP contribution in [0.4, 0.5) is 11.4 Å². The minimum atomic E-state index is -3.27. The molecule has 0 radical (unpaired) electrons. The van der Waals surface area contributed by atoms with Crippen molar-refractivity contribution in [1.29, 1.82) is 0 Å². The largest absolute Gasteiger partial charge is 0.326 e. The average molecular weight is 334 g/mol. The second-order valence-electron chi connectivity index (χ2n) is 4.97. The van der Waals surface area contributed by atoms with E-state index in [1.54, 1.807) is 24.3 Å². The molecule has 0 spiro atoms. The molecule has 2 rings (SSSR count). The van der Waals surface area contributed by atoms with Crippen LogP contribution < -0.4 is 15.4 Å². The van der Waals surface area contributed by atoms with Crippen LogP contribution in [0, 0.1) is 5.92 Å². The van der Waals surface area contributed by atoms with Gasteiger partial charge in [-0.2, -0.15) is 0 Å². The Morgan fingerprint density at radius 3 is 2.19 bits per heavy atom. The molecule has 1 aromatic rings. The van der Waals surface area contributed by atoms with E-state index < -0.39 is 10.0 Å². The van der Waals surface area contributed by atoms with Crippen molar-refractivity contribution in [3.8, 4) is 0 Å². The first-order valence-electron chi connectivity index (χ1n) is 6.53. The predicted molar refractivity (Wildman–Crippen MR) is 86.4 cm³/mol. The van der Waals surface area contributed by atoms with Gasteiger partial charge >= 0.3 is 0 Å². The maximum atomic E-state index is 12.0. The summed E-state index contributed by atoms with van der Waals surface area (Å²) in [6.45, 7) is 1.74. The Morgan fingerprint density at radius 2 is 1.67 bits per heavy atom. The normalized spacial score (nSPS) is 15.9. The molecule has 8 heteroatoms. The highest BCUT2D eigenvalue weighted by atomic mass is 35.5. The topological polar surface area (TPSA) is 87.3 Å². The molecule has 1 aliphatic rings. The maximum Gasteiger partial charge on any atom is 0.229 e. The maximum absolute atomic E-state index is 12.0. The number of nitrogens with one attached hydrogen (secondary N) is 3. The summed E-state index contributed by atoms with van der Waals surface area (Å²) < 4.78 is 24.5. The predicted octanol–water partition coefficient (Wildman–Crippen LogP) is 1.42. The summed E-state index contributed by atoms with van der Waals surface area (Å²) in [5.74, 6) is 0.0698. The lowest BCUT2D eigenvalue weighted by atomic mass is 9.97. The summed E-state index contributed by atoms with van der Waals surface area (Å²) >= 11 is 0. The highest BCUT2D eigenvalue weighted by Crippen LogP contribution is 2.18. The summed E-state index contributed by atoms with van der Waals surface area (Å²) in [4.78, 5) is 12.0. The van der Waals surface area contributed by atoms with E-state index in [-0.39, 0.29) is 24.2 Å². The van der Waals surface area contributed by atoms with Gasteiger partial charge in [0.25, 0.3) is 0 Å². The molecule has 21 heavy (non-hydrogen) atoms. The molecule has 6 nitrogen and oxygen atoms in total. The number of halogens is 1. The Bertz CT molecular complexity index is 569. The number of hydrogen-bond donors (Lipinski definition) is 3. The Labute approximate surface area is 131 Å². The van der Waals surface area contributed by atoms with Crippen LogP contribution in [0.1, 0.15) is 12.8 Å². The van der Waals surface area contributed by atoms with Crippen LogP contribution in [0.15, 0.2) is 24.3 Å². The third kappa shape index (κ3) is 5.91. The number of hydrogen-bond acceptors (Lipinski definition) is 4. The Hall–Kier alpha value is -1.31. The number of piperidine rings is 1. The van der Waals surface area contributed by atoms with Crippen molar-refractivity contribution in [3.05, 3.63) is 24.3 Å². The molecule has 0 unspecified atom stereocenters. The van der Waals surface area contributed by atoms with Crippen LogP contribution in [-0.2, 0) is 14.8 Å². The van der Waals surface area contributed by atoms with Gasteiger partial charge in [0.05, 0.1) is 6.26 Å². The van der Waals surface area contributed by atoms with E-state index in [1.807, 2.05) is 0 Å². The van der Waals surface area contributed by atoms with Crippen molar-refractivity contribution in [3.63, 3.8) is 0 Å². The van der Waals surface area contributed by atoms with E-state index >= 15 is 0 Å². The summed E-state index contributed by atoms with van der Waals surface area (Å²) in [5.41, 5.74) is 1.15. The van der Waals surface area contributed by atoms with Crippen LogP contribution in [-0.4, -0.2) is 33.7 Å². The summed E-state index contributed by atoms with van der Waals surface area (Å²) in [6, 6.07) is 6.62. The molecule has 0 bridgehead atoms. The number of anilines is 2. The number of carbonyl (C=O) groups is 1. The summed E-state index contributed by atoms with van der Waals surface area (Å²) in [7, 11) is -3.27. The van der Waals surface area contributed by atoms with E-state index in [9.17, 15) is 13.2 Å². The molecule has 1 amide bonds. The standard InChI is InChI=1S/C13H19N3O3S.ClH/c1-20(18,19)16-12-4-2-11(3-5-12)15-13(17)10-6-8-14-9-7-10;/h2-5,10,14,16H,6-9H2,1H3,(H,15,17);1H. The number of sulfonamides is 1. The molecule has 1 fully saturated rings. The monoisotopic (exact) mass is 333 g/mol. The lowest BCUT2D eigenvalue weighted by Gasteiger charge is -2.21. The average Bonchev–Trinajstić information content (AvgIpc) is 2.40. The molecular formula is C13H20ClN3O3S. The quantitative estimate of drug-likeness (QED) is 0.777. The lowest BCUT2D eigenvalue weighted by Crippen LogP contribution is -2.34. The van der Waals surface area contributed by atoms with Gasteiger partial charge < -0.3 is 10.6 Å². The van der Waals surface area contributed by atoms with Crippen LogP contribution in [0.3, 0.4) is 0 Å². The molecular weight excluding hydrogens is 314 g/mol. The zero-order valence-electron chi connectivity index (χ0n) is 11.8. The highest BCUT2D eigenvalue weighted by Gasteiger charge is 2.20. The van der Waals surface area contributed by atoms with Crippen LogP contribution >= 0.6 is 12.4 Å². The Morgan fingerprint density at radius 1 is 1.14 bits per heavy atom. The van der Waals surface area contributed by atoms with Gasteiger partial charge in [-0.15, -0.1) is 12.4 Å². The van der Waals surface area contributed by atoms with Gasteiger partial charge in [-0.05, 0) is 50.2 Å². The molecule has 1 aromatic carbocycles. The number of rotatable bonds is 4. The van der Waals surface area contributed by atoms with Crippen LogP contribution in [0.2, 0.25) is 0 Å². The van der Waals surface area contributed by atoms with Gasteiger partial charge in [0, 0.05) is 17.3 Å². The Balaban J connectivity index is 0.00000220. The van der Waals surface area contributed by atoms with Crippen molar-refractivity contribution < 1.29 is 13.2 Å². The van der Waals surface area contributed by atoms with E-state index in [2.05, 4.69) is 15.4 Å². The molecule has 1 saturated heterocycles. The molecule has 0 atom stereocenters. The second-order valence-corrected chi connectivity index (χ2v) is 6.71. The highest BCUT2D eigenvalue weighted by molar-refractivity contribution is 7.92. The lowest BCUT2D eigenvalue weighted by molar-refractivity contribution is -0.120. The third-order valence-corrected chi connectivity index (χ3v) is 3.77. The number of carbonyl (C=O) groups excluding carboxylic acids is 1. The SMILES string of the molecule is CS(=O)(=O)Nc1ccc(NC(=O)C2CCNCC2)cc1.Cl. The van der Waals surface area contributed by atoms with Crippen LogP contribution in [0.25, 0.3) is 0 Å².